The van der Waals surface area contributed by atoms with Crippen LogP contribution in [-0.4, -0.2) is 0 Å². The van der Waals surface area contributed by atoms with Gasteiger partial charge in [-0.15, -0.1) is 0 Å². The monoisotopic (exact) mass is 280 g/mol. The van der Waals surface area contributed by atoms with E-state index in [1.165, 1.54) is 0 Å². The summed E-state index contributed by atoms with van der Waals surface area (Å²) < 4.78 is 0. The van der Waals surface area contributed by atoms with E-state index >= 15 is 0 Å². The van der Waals surface area contributed by atoms with Gasteiger partial charge in [0.2, 0.25) is 0 Å². The van der Waals surface area contributed by atoms with Gasteiger partial charge < -0.3 is 0 Å². The van der Waals surface area contributed by atoms with E-state index in [1.807, 2.05) is 0 Å². The Balaban J connectivity index is 0. The van der Waals surface area contributed by atoms with E-state index in [1.54, 1.807) is 0 Å². The Morgan fingerprint density at radius 3 is 0.500 bits per heavy atom. The molecule has 0 saturated heterocycles. The van der Waals surface area contributed by atoms with Crippen molar-refractivity contribution in [3.63, 3.8) is 0 Å². The summed E-state index contributed by atoms with van der Waals surface area (Å²) in [7, 11) is 0. The summed E-state index contributed by atoms with van der Waals surface area (Å²) in [4.78, 5) is 0. The van der Waals surface area contributed by atoms with Crippen LogP contribution in [0.5, 0.6) is 0 Å². The molecule has 0 spiro atoms. The van der Waals surface area contributed by atoms with Gasteiger partial charge in [-0.05, 0) is 0 Å². The van der Waals surface area contributed by atoms with Crippen molar-refractivity contribution >= 4 is 0 Å². The first kappa shape index (κ1) is 35.4. The Hall–Kier alpha value is 2.14. The van der Waals surface area contributed by atoms with Gasteiger partial charge in [-0.25, -0.2) is 0 Å². The predicted molar refractivity (Wildman–Crippen MR) is 0 cm³/mol. The Labute approximate surface area is 69.2 Å². The van der Waals surface area contributed by atoms with Crippen molar-refractivity contribution in [1.29, 1.82) is 0 Å². The fourth-order valence-electron chi connectivity index (χ4n) is 0. The zero-order valence-corrected chi connectivity index (χ0v) is 6.10. The van der Waals surface area contributed by atoms with Crippen LogP contribution in [-0.2, 0) is 69.8 Å². The first-order valence-electron chi connectivity index (χ1n) is 0. The minimum absolute atomic E-state index is 0. The average molecular weight is 280 g/mol. The predicted octanol–water partition coefficient (Wildman–Crippen LogP) is -0.0100. The van der Waals surface area contributed by atoms with Crippen LogP contribution < -0.4 is 0 Å². The van der Waals surface area contributed by atoms with Gasteiger partial charge in [0.25, 0.3) is 0 Å². The molecule has 0 bridgehead atoms. The molecule has 0 fully saturated rings. The van der Waals surface area contributed by atoms with E-state index in [9.17, 15) is 0 Å². The molecule has 0 heterocycles. The van der Waals surface area contributed by atoms with E-state index < -0.39 is 0 Å². The zero-order chi connectivity index (χ0) is 0. The second-order valence-electron chi connectivity index (χ2n) is 0. The fraction of sp³-hybridized carbons (Fsp3) is 0. The van der Waals surface area contributed by atoms with Gasteiger partial charge in [0.15, 0.2) is 0 Å². The van der Waals surface area contributed by atoms with Crippen molar-refractivity contribution in [3.05, 3.63) is 0 Å². The maximum atomic E-state index is 0. The second-order valence-corrected chi connectivity index (χ2v) is 0. The van der Waals surface area contributed by atoms with Crippen LogP contribution in [0.3, 0.4) is 0 Å². The maximum absolute atomic E-state index is 0. The molecule has 0 rings (SSSR count). The van der Waals surface area contributed by atoms with Crippen LogP contribution in [0.1, 0.15) is 0 Å². The molecule has 0 aliphatic rings. The van der Waals surface area contributed by atoms with Gasteiger partial charge in [-0.2, -0.15) is 0 Å². The Bertz CT molecular complexity index is 3.25. The number of hydrogen-bond acceptors (Lipinski definition) is 0. The fourth-order valence-corrected chi connectivity index (χ4v) is 0. The minimum Gasteiger partial charge on any atom is 0 e. The molecule has 36 valence electrons. The summed E-state index contributed by atoms with van der Waals surface area (Å²) in [5.41, 5.74) is 0. The van der Waals surface area contributed by atoms with Gasteiger partial charge in [0.05, 0.1) is 0 Å². The van der Waals surface area contributed by atoms with Crippen molar-refractivity contribution in [1.82, 2.24) is 0 Å². The van der Waals surface area contributed by atoms with Gasteiger partial charge in [-0.3, -0.25) is 0 Å². The van der Waals surface area contributed by atoms with Crippen LogP contribution in [0.2, 0.25) is 0 Å². The van der Waals surface area contributed by atoms with Crippen molar-refractivity contribution in [2.75, 3.05) is 0 Å². The standard InChI is InChI=1S/3Co.Rh. The number of hydrogen-bond donors (Lipinski definition) is 0. The van der Waals surface area contributed by atoms with Crippen LogP contribution in [0.4, 0.5) is 0 Å². The normalized spacial score (nSPS) is 0. The third kappa shape index (κ3) is 8.91. The average Bonchev–Trinajstić information content (AvgIpc) is 0. The van der Waals surface area contributed by atoms with Crippen molar-refractivity contribution in [2.45, 2.75) is 0 Å². The topological polar surface area (TPSA) is 0 Å². The molecule has 4 radical (unpaired) electrons. The van der Waals surface area contributed by atoms with Crippen molar-refractivity contribution in [3.8, 4) is 0 Å². The summed E-state index contributed by atoms with van der Waals surface area (Å²) >= 11 is 0. The van der Waals surface area contributed by atoms with E-state index in [0.29, 0.717) is 0 Å². The Morgan fingerprint density at radius 2 is 0.500 bits per heavy atom. The number of rotatable bonds is 0. The summed E-state index contributed by atoms with van der Waals surface area (Å²) in [6.45, 7) is 0. The molecule has 0 nitrogen and oxygen atoms in total. The van der Waals surface area contributed by atoms with Crippen LogP contribution in [0, 0.1) is 0 Å². The first-order chi connectivity index (χ1) is 0. The minimum atomic E-state index is 0. The third-order valence-electron chi connectivity index (χ3n) is 0. The maximum Gasteiger partial charge on any atom is 0 e. The molecule has 0 unspecified atom stereocenters. The van der Waals surface area contributed by atoms with Crippen molar-refractivity contribution < 1.29 is 69.8 Å². The summed E-state index contributed by atoms with van der Waals surface area (Å²) in [5.74, 6) is 0. The van der Waals surface area contributed by atoms with E-state index in [0.717, 1.165) is 0 Å². The van der Waals surface area contributed by atoms with E-state index in [2.05, 4.69) is 0 Å². The van der Waals surface area contributed by atoms with Crippen LogP contribution >= 0.6 is 0 Å². The Morgan fingerprint density at radius 1 is 0.500 bits per heavy atom. The summed E-state index contributed by atoms with van der Waals surface area (Å²) in [6, 6.07) is 0. The Kier molecular flexibility index (Phi) is 170. The van der Waals surface area contributed by atoms with Crippen molar-refractivity contribution in [2.24, 2.45) is 0 Å². The zero-order valence-electron chi connectivity index (χ0n) is 1.33. The van der Waals surface area contributed by atoms with Gasteiger partial charge in [0.1, 0.15) is 0 Å². The molecule has 0 aromatic carbocycles. The van der Waals surface area contributed by atoms with E-state index in [-0.39, 0.29) is 69.8 Å². The molecule has 0 aromatic heterocycles. The third-order valence-corrected chi connectivity index (χ3v) is 0. The largest absolute Gasteiger partial charge is 0 e. The van der Waals surface area contributed by atoms with E-state index in [4.69, 9.17) is 0 Å². The quantitative estimate of drug-likeness (QED) is 0.547. The first-order valence-corrected chi connectivity index (χ1v) is 0. The molecule has 0 aliphatic heterocycles. The smallest absolute Gasteiger partial charge is 0 e. The molecule has 0 aliphatic carbocycles. The summed E-state index contributed by atoms with van der Waals surface area (Å²) in [5, 5.41) is 0. The molecule has 4 heteroatoms. The molecule has 4 heavy (non-hydrogen) atoms. The molecule has 0 amide bonds. The van der Waals surface area contributed by atoms with Gasteiger partial charge in [-0.1, -0.05) is 0 Å². The van der Waals surface area contributed by atoms with Crippen LogP contribution in [0.25, 0.3) is 0 Å². The van der Waals surface area contributed by atoms with Gasteiger partial charge in [0, 0.05) is 69.8 Å². The van der Waals surface area contributed by atoms with Crippen LogP contribution in [0.15, 0.2) is 0 Å². The summed E-state index contributed by atoms with van der Waals surface area (Å²) in [6.07, 6.45) is 0. The molecule has 0 atom stereocenters. The molecule has 0 aromatic rings. The molecular formula is Co3Rh. The molecule has 0 N–H and O–H groups in total. The SMILES string of the molecule is [Co].[Co].[Co].[Rh]. The molecular weight excluding hydrogens is 280 g/mol. The van der Waals surface area contributed by atoms with Gasteiger partial charge >= 0.3 is 0 Å². The molecule has 0 saturated carbocycles. The second kappa shape index (κ2) is 19.2.